The van der Waals surface area contributed by atoms with Gasteiger partial charge in [-0.25, -0.2) is 4.39 Å². The Morgan fingerprint density at radius 2 is 1.82 bits per heavy atom. The molecule has 0 saturated heterocycles. The predicted octanol–water partition coefficient (Wildman–Crippen LogP) is 4.49. The number of halogens is 1. The zero-order valence-electron chi connectivity index (χ0n) is 15.6. The molecule has 0 radical (unpaired) electrons. The average Bonchev–Trinajstić information content (AvgIpc) is 2.96. The number of amides is 1. The van der Waals surface area contributed by atoms with E-state index in [1.165, 1.54) is 12.1 Å². The first kappa shape index (κ1) is 17.9. The summed E-state index contributed by atoms with van der Waals surface area (Å²) in [4.78, 5) is 17.2. The number of anilines is 1. The van der Waals surface area contributed by atoms with E-state index in [1.54, 1.807) is 24.4 Å². The van der Waals surface area contributed by atoms with E-state index in [1.807, 2.05) is 42.8 Å². The maximum Gasteiger partial charge on any atom is 0.256 e. The molecule has 4 rings (SSSR count). The summed E-state index contributed by atoms with van der Waals surface area (Å²) in [5, 5.41) is 8.33. The Morgan fingerprint density at radius 1 is 1.07 bits per heavy atom. The summed E-state index contributed by atoms with van der Waals surface area (Å²) in [6.45, 7) is 4.26. The van der Waals surface area contributed by atoms with Crippen molar-refractivity contribution < 1.29 is 9.18 Å². The van der Waals surface area contributed by atoms with Crippen LogP contribution in [0, 0.1) is 19.7 Å². The van der Waals surface area contributed by atoms with E-state index < -0.39 is 0 Å². The lowest BCUT2D eigenvalue weighted by molar-refractivity contribution is 0.102. The van der Waals surface area contributed by atoms with Crippen molar-refractivity contribution in [3.63, 3.8) is 0 Å². The van der Waals surface area contributed by atoms with Gasteiger partial charge in [0.05, 0.1) is 34.7 Å². The zero-order valence-corrected chi connectivity index (χ0v) is 15.6. The molecular formula is C22H19FN4O. The van der Waals surface area contributed by atoms with Crippen LogP contribution in [0.3, 0.4) is 0 Å². The van der Waals surface area contributed by atoms with Gasteiger partial charge in [-0.05, 0) is 43.7 Å². The normalized spacial score (nSPS) is 11.0. The van der Waals surface area contributed by atoms with Gasteiger partial charge in [-0.3, -0.25) is 14.5 Å². The topological polar surface area (TPSA) is 59.8 Å². The number of nitrogens with one attached hydrogen (secondary N) is 1. The highest BCUT2D eigenvalue weighted by Gasteiger charge is 2.17. The predicted molar refractivity (Wildman–Crippen MR) is 107 cm³/mol. The number of fused-ring (bicyclic) bond motifs is 1. The number of benzene rings is 2. The number of carbonyl (C=O) groups is 1. The van der Waals surface area contributed by atoms with Crippen molar-refractivity contribution in [2.75, 3.05) is 5.32 Å². The number of hydrogen-bond donors (Lipinski definition) is 1. The number of nitrogens with zero attached hydrogens (tertiary/aromatic N) is 3. The van der Waals surface area contributed by atoms with Gasteiger partial charge in [0.1, 0.15) is 5.82 Å². The molecule has 0 aliphatic rings. The van der Waals surface area contributed by atoms with Crippen molar-refractivity contribution in [3.05, 3.63) is 89.1 Å². The minimum absolute atomic E-state index is 0.203. The van der Waals surface area contributed by atoms with E-state index in [0.29, 0.717) is 17.8 Å². The Labute approximate surface area is 161 Å². The van der Waals surface area contributed by atoms with Gasteiger partial charge in [0, 0.05) is 11.6 Å². The summed E-state index contributed by atoms with van der Waals surface area (Å²) in [6.07, 6.45) is 1.63. The van der Waals surface area contributed by atoms with Crippen molar-refractivity contribution in [2.45, 2.75) is 20.4 Å². The fraction of sp³-hybridized carbons (Fsp3) is 0.136. The first-order valence-electron chi connectivity index (χ1n) is 8.96. The fourth-order valence-corrected chi connectivity index (χ4v) is 3.27. The summed E-state index contributed by atoms with van der Waals surface area (Å²) in [5.74, 6) is -0.472. The van der Waals surface area contributed by atoms with Crippen LogP contribution in [0.2, 0.25) is 0 Å². The molecule has 2 aromatic heterocycles. The molecule has 0 aliphatic carbocycles. The molecule has 0 unspecified atom stereocenters. The highest BCUT2D eigenvalue weighted by Crippen LogP contribution is 2.23. The van der Waals surface area contributed by atoms with Gasteiger partial charge in [0.25, 0.3) is 5.91 Å². The fourth-order valence-electron chi connectivity index (χ4n) is 3.27. The van der Waals surface area contributed by atoms with Crippen LogP contribution in [-0.4, -0.2) is 20.7 Å². The van der Waals surface area contributed by atoms with Crippen LogP contribution in [0.5, 0.6) is 0 Å². The number of aryl methyl sites for hydroxylation is 1. The minimum atomic E-state index is -0.269. The molecule has 2 heterocycles. The first-order chi connectivity index (χ1) is 13.5. The lowest BCUT2D eigenvalue weighted by Crippen LogP contribution is -2.14. The Morgan fingerprint density at radius 3 is 2.61 bits per heavy atom. The van der Waals surface area contributed by atoms with Crippen LogP contribution in [0.1, 0.15) is 27.3 Å². The number of para-hydroxylation sites is 1. The molecule has 0 aliphatic heterocycles. The molecule has 28 heavy (non-hydrogen) atoms. The van der Waals surface area contributed by atoms with E-state index in [-0.39, 0.29) is 11.7 Å². The minimum Gasteiger partial charge on any atom is -0.319 e. The second kappa shape index (κ2) is 7.23. The average molecular weight is 374 g/mol. The standard InChI is InChI=1S/C22H19FN4O/c1-14-21(15(2)27(26-14)13-16-7-9-17(23)10-8-16)25-22(28)19-11-12-24-20-6-4-3-5-18(19)20/h3-12H,13H2,1-2H3,(H,25,28). The molecule has 1 N–H and O–H groups in total. The zero-order chi connectivity index (χ0) is 19.7. The SMILES string of the molecule is Cc1nn(Cc2ccc(F)cc2)c(C)c1NC(=O)c1ccnc2ccccc12. The number of carbonyl (C=O) groups excluding carboxylic acids is 1. The largest absolute Gasteiger partial charge is 0.319 e. The second-order valence-corrected chi connectivity index (χ2v) is 6.66. The third-order valence-corrected chi connectivity index (χ3v) is 4.76. The van der Waals surface area contributed by atoms with Crippen molar-refractivity contribution in [1.82, 2.24) is 14.8 Å². The van der Waals surface area contributed by atoms with E-state index in [2.05, 4.69) is 15.4 Å². The summed E-state index contributed by atoms with van der Waals surface area (Å²) < 4.78 is 14.9. The van der Waals surface area contributed by atoms with Crippen molar-refractivity contribution in [3.8, 4) is 0 Å². The number of rotatable bonds is 4. The van der Waals surface area contributed by atoms with E-state index >= 15 is 0 Å². The monoisotopic (exact) mass is 374 g/mol. The summed E-state index contributed by atoms with van der Waals surface area (Å²) >= 11 is 0. The molecule has 0 atom stereocenters. The van der Waals surface area contributed by atoms with Gasteiger partial charge >= 0.3 is 0 Å². The number of pyridine rings is 1. The molecular weight excluding hydrogens is 355 g/mol. The van der Waals surface area contributed by atoms with Crippen LogP contribution >= 0.6 is 0 Å². The molecule has 0 fully saturated rings. The molecule has 2 aromatic carbocycles. The number of hydrogen-bond acceptors (Lipinski definition) is 3. The maximum atomic E-state index is 13.1. The van der Waals surface area contributed by atoms with Crippen molar-refractivity contribution in [1.29, 1.82) is 0 Å². The lowest BCUT2D eigenvalue weighted by atomic mass is 10.1. The first-order valence-corrected chi connectivity index (χ1v) is 8.96. The highest BCUT2D eigenvalue weighted by atomic mass is 19.1. The van der Waals surface area contributed by atoms with Crippen LogP contribution in [0.4, 0.5) is 10.1 Å². The van der Waals surface area contributed by atoms with E-state index in [0.717, 1.165) is 27.9 Å². The third kappa shape index (κ3) is 3.36. The Hall–Kier alpha value is -3.54. The quantitative estimate of drug-likeness (QED) is 0.573. The van der Waals surface area contributed by atoms with Gasteiger partial charge in [-0.2, -0.15) is 5.10 Å². The Bertz CT molecular complexity index is 1160. The highest BCUT2D eigenvalue weighted by molar-refractivity contribution is 6.12. The second-order valence-electron chi connectivity index (χ2n) is 6.66. The third-order valence-electron chi connectivity index (χ3n) is 4.76. The number of aromatic nitrogens is 3. The van der Waals surface area contributed by atoms with Gasteiger partial charge in [0.15, 0.2) is 0 Å². The van der Waals surface area contributed by atoms with Gasteiger partial charge < -0.3 is 5.32 Å². The van der Waals surface area contributed by atoms with Crippen LogP contribution in [0.25, 0.3) is 10.9 Å². The Kier molecular flexibility index (Phi) is 4.61. The maximum absolute atomic E-state index is 13.1. The van der Waals surface area contributed by atoms with Crippen molar-refractivity contribution >= 4 is 22.5 Å². The lowest BCUT2D eigenvalue weighted by Gasteiger charge is -2.09. The molecule has 0 saturated carbocycles. The van der Waals surface area contributed by atoms with E-state index in [9.17, 15) is 9.18 Å². The molecule has 140 valence electrons. The molecule has 6 heteroatoms. The van der Waals surface area contributed by atoms with Gasteiger partial charge in [-0.1, -0.05) is 30.3 Å². The van der Waals surface area contributed by atoms with E-state index in [4.69, 9.17) is 0 Å². The molecule has 0 bridgehead atoms. The summed E-state index contributed by atoms with van der Waals surface area (Å²) in [7, 11) is 0. The van der Waals surface area contributed by atoms with Gasteiger partial charge in [0.2, 0.25) is 0 Å². The molecule has 5 nitrogen and oxygen atoms in total. The molecule has 4 aromatic rings. The van der Waals surface area contributed by atoms with Crippen LogP contribution in [-0.2, 0) is 6.54 Å². The van der Waals surface area contributed by atoms with Gasteiger partial charge in [-0.15, -0.1) is 0 Å². The summed E-state index contributed by atoms with van der Waals surface area (Å²) in [6, 6.07) is 15.6. The molecule has 0 spiro atoms. The smallest absolute Gasteiger partial charge is 0.256 e. The van der Waals surface area contributed by atoms with Crippen molar-refractivity contribution in [2.24, 2.45) is 0 Å². The Balaban J connectivity index is 1.62. The van der Waals surface area contributed by atoms with Crippen LogP contribution in [0.15, 0.2) is 60.8 Å². The van der Waals surface area contributed by atoms with Crippen LogP contribution < -0.4 is 5.32 Å². The summed E-state index contributed by atoms with van der Waals surface area (Å²) in [5.41, 5.74) is 4.53. The molecule has 1 amide bonds.